The van der Waals surface area contributed by atoms with Crippen LogP contribution in [0, 0.1) is 0 Å². The molecule has 1 heterocycles. The number of piperazine rings is 1. The van der Waals surface area contributed by atoms with Crippen LogP contribution in [0.1, 0.15) is 5.56 Å². The summed E-state index contributed by atoms with van der Waals surface area (Å²) in [5.41, 5.74) is 1.05. The zero-order valence-corrected chi connectivity index (χ0v) is 13.2. The lowest BCUT2D eigenvalue weighted by Gasteiger charge is -2.35. The molecule has 0 saturated carbocycles. The lowest BCUT2D eigenvalue weighted by atomic mass is 10.1. The standard InChI is InChI=1S/C16H18ClN3O2/c1-19-6-8-20(9-7-19)14-13(15(21)16(14)22)18-10-11-4-2-3-5-12(11)17/h2-5,18H,6-10H2,1H3. The Bertz CT molecular complexity index is 744. The van der Waals surface area contributed by atoms with Crippen molar-refractivity contribution in [2.24, 2.45) is 0 Å². The highest BCUT2D eigenvalue weighted by atomic mass is 35.5. The van der Waals surface area contributed by atoms with Gasteiger partial charge in [-0.3, -0.25) is 9.59 Å². The fraction of sp³-hybridized carbons (Fsp3) is 0.375. The van der Waals surface area contributed by atoms with Crippen LogP contribution < -0.4 is 21.1 Å². The number of hydrogen-bond acceptors (Lipinski definition) is 5. The normalized spacial score (nSPS) is 16.2. The SMILES string of the molecule is CN1CCN(c2c(NCc3ccccc3Cl)c(=O)c2=O)CC1. The highest BCUT2D eigenvalue weighted by Gasteiger charge is 2.27. The minimum absolute atomic E-state index is 0.383. The molecule has 6 heteroatoms. The lowest BCUT2D eigenvalue weighted by Crippen LogP contribution is -2.50. The summed E-state index contributed by atoms with van der Waals surface area (Å²) in [7, 11) is 2.05. The topological polar surface area (TPSA) is 52.6 Å². The van der Waals surface area contributed by atoms with E-state index in [0.29, 0.717) is 22.9 Å². The lowest BCUT2D eigenvalue weighted by molar-refractivity contribution is 0.312. The van der Waals surface area contributed by atoms with E-state index >= 15 is 0 Å². The zero-order chi connectivity index (χ0) is 15.7. The molecule has 0 aromatic heterocycles. The van der Waals surface area contributed by atoms with Crippen molar-refractivity contribution in [3.8, 4) is 0 Å². The van der Waals surface area contributed by atoms with Crippen LogP contribution >= 0.6 is 11.6 Å². The predicted octanol–water partition coefficient (Wildman–Crippen LogP) is 1.30. The van der Waals surface area contributed by atoms with Crippen molar-refractivity contribution < 1.29 is 0 Å². The van der Waals surface area contributed by atoms with E-state index in [4.69, 9.17) is 11.6 Å². The highest BCUT2D eigenvalue weighted by Crippen LogP contribution is 2.23. The molecule has 1 aliphatic rings. The van der Waals surface area contributed by atoms with Gasteiger partial charge >= 0.3 is 0 Å². The second-order valence-electron chi connectivity index (χ2n) is 5.62. The van der Waals surface area contributed by atoms with Crippen molar-refractivity contribution in [1.82, 2.24) is 4.90 Å². The third-order valence-corrected chi connectivity index (χ3v) is 4.49. The molecule has 0 unspecified atom stereocenters. The Morgan fingerprint density at radius 1 is 1.09 bits per heavy atom. The molecule has 0 amide bonds. The van der Waals surface area contributed by atoms with Gasteiger partial charge in [0.15, 0.2) is 0 Å². The molecule has 3 rings (SSSR count). The first-order valence-electron chi connectivity index (χ1n) is 7.32. The van der Waals surface area contributed by atoms with Crippen LogP contribution in [-0.2, 0) is 6.54 Å². The molecule has 22 heavy (non-hydrogen) atoms. The molecule has 0 bridgehead atoms. The summed E-state index contributed by atoms with van der Waals surface area (Å²) in [4.78, 5) is 28.0. The Morgan fingerprint density at radius 3 is 2.45 bits per heavy atom. The monoisotopic (exact) mass is 319 g/mol. The predicted molar refractivity (Wildman–Crippen MR) is 89.8 cm³/mol. The van der Waals surface area contributed by atoms with E-state index in [9.17, 15) is 9.59 Å². The average molecular weight is 320 g/mol. The zero-order valence-electron chi connectivity index (χ0n) is 12.4. The van der Waals surface area contributed by atoms with Crippen LogP contribution in [0.4, 0.5) is 11.4 Å². The number of hydrogen-bond donors (Lipinski definition) is 1. The summed E-state index contributed by atoms with van der Waals surface area (Å²) in [6.45, 7) is 3.75. The summed E-state index contributed by atoms with van der Waals surface area (Å²) in [6, 6.07) is 7.46. The molecule has 1 saturated heterocycles. The van der Waals surface area contributed by atoms with Gasteiger partial charge < -0.3 is 15.1 Å². The minimum Gasteiger partial charge on any atom is -0.376 e. The van der Waals surface area contributed by atoms with E-state index in [1.165, 1.54) is 0 Å². The van der Waals surface area contributed by atoms with Crippen LogP contribution in [0.25, 0.3) is 0 Å². The van der Waals surface area contributed by atoms with Crippen molar-refractivity contribution in [3.63, 3.8) is 0 Å². The second kappa shape index (κ2) is 6.10. The van der Waals surface area contributed by atoms with Gasteiger partial charge in [-0.05, 0) is 18.7 Å². The minimum atomic E-state index is -0.430. The number of benzene rings is 1. The fourth-order valence-corrected chi connectivity index (χ4v) is 2.90. The van der Waals surface area contributed by atoms with E-state index in [-0.39, 0.29) is 5.43 Å². The van der Waals surface area contributed by atoms with Crippen molar-refractivity contribution in [1.29, 1.82) is 0 Å². The van der Waals surface area contributed by atoms with Crippen LogP contribution in [0.5, 0.6) is 0 Å². The van der Waals surface area contributed by atoms with Gasteiger partial charge in [-0.15, -0.1) is 0 Å². The van der Waals surface area contributed by atoms with Gasteiger partial charge in [0.2, 0.25) is 0 Å². The molecule has 5 nitrogen and oxygen atoms in total. The van der Waals surface area contributed by atoms with Crippen molar-refractivity contribution in [3.05, 3.63) is 55.3 Å². The molecule has 1 aliphatic heterocycles. The average Bonchev–Trinajstić information content (AvgIpc) is 2.53. The molecule has 0 atom stereocenters. The maximum absolute atomic E-state index is 11.9. The fourth-order valence-electron chi connectivity index (χ4n) is 2.70. The van der Waals surface area contributed by atoms with Gasteiger partial charge in [0.25, 0.3) is 10.9 Å². The first-order chi connectivity index (χ1) is 10.6. The Kier molecular flexibility index (Phi) is 4.18. The van der Waals surface area contributed by atoms with E-state index in [0.717, 1.165) is 31.7 Å². The molecule has 2 aromatic rings. The Labute approximate surface area is 133 Å². The van der Waals surface area contributed by atoms with Crippen molar-refractivity contribution in [2.75, 3.05) is 43.4 Å². The number of halogens is 1. The summed E-state index contributed by atoms with van der Waals surface area (Å²) >= 11 is 6.11. The maximum Gasteiger partial charge on any atom is 0.253 e. The highest BCUT2D eigenvalue weighted by molar-refractivity contribution is 6.31. The van der Waals surface area contributed by atoms with Gasteiger partial charge in [-0.25, -0.2) is 0 Å². The van der Waals surface area contributed by atoms with Crippen LogP contribution in [0.2, 0.25) is 5.02 Å². The molecule has 1 fully saturated rings. The molecule has 2 aromatic carbocycles. The molecule has 0 radical (unpaired) electrons. The number of nitrogens with zero attached hydrogens (tertiary/aromatic N) is 2. The first-order valence-corrected chi connectivity index (χ1v) is 7.70. The summed E-state index contributed by atoms with van der Waals surface area (Å²) in [5.74, 6) is 0. The quantitative estimate of drug-likeness (QED) is 0.861. The van der Waals surface area contributed by atoms with Gasteiger partial charge in [0.05, 0.1) is 0 Å². The summed E-state index contributed by atoms with van der Waals surface area (Å²) in [5, 5.41) is 3.73. The van der Waals surface area contributed by atoms with Crippen LogP contribution in [-0.4, -0.2) is 38.1 Å². The van der Waals surface area contributed by atoms with Gasteiger partial charge in [-0.2, -0.15) is 0 Å². The molecule has 116 valence electrons. The smallest absolute Gasteiger partial charge is 0.253 e. The van der Waals surface area contributed by atoms with E-state index < -0.39 is 5.43 Å². The summed E-state index contributed by atoms with van der Waals surface area (Å²) < 4.78 is 0. The second-order valence-corrected chi connectivity index (χ2v) is 6.02. The third kappa shape index (κ3) is 2.74. The van der Waals surface area contributed by atoms with E-state index in [2.05, 4.69) is 17.3 Å². The molecule has 1 N–H and O–H groups in total. The van der Waals surface area contributed by atoms with Gasteiger partial charge in [0, 0.05) is 37.7 Å². The molecular formula is C16H18ClN3O2. The molecule has 0 aliphatic carbocycles. The molecular weight excluding hydrogens is 302 g/mol. The first kappa shape index (κ1) is 15.1. The number of rotatable bonds is 4. The van der Waals surface area contributed by atoms with Crippen LogP contribution in [0.15, 0.2) is 33.9 Å². The van der Waals surface area contributed by atoms with Crippen molar-refractivity contribution >= 4 is 23.0 Å². The van der Waals surface area contributed by atoms with Gasteiger partial charge in [-0.1, -0.05) is 29.8 Å². The molecule has 0 spiro atoms. The Balaban J connectivity index is 1.75. The van der Waals surface area contributed by atoms with Crippen LogP contribution in [0.3, 0.4) is 0 Å². The number of anilines is 2. The maximum atomic E-state index is 11.9. The number of nitrogens with one attached hydrogen (secondary N) is 1. The van der Waals surface area contributed by atoms with E-state index in [1.54, 1.807) is 0 Å². The number of likely N-dealkylation sites (N-methyl/N-ethyl adjacent to an activating group) is 1. The Hall–Kier alpha value is -1.85. The Morgan fingerprint density at radius 2 is 1.77 bits per heavy atom. The summed E-state index contributed by atoms with van der Waals surface area (Å²) in [6.07, 6.45) is 0. The van der Waals surface area contributed by atoms with E-state index in [1.807, 2.05) is 29.2 Å². The van der Waals surface area contributed by atoms with Crippen molar-refractivity contribution in [2.45, 2.75) is 6.54 Å². The van der Waals surface area contributed by atoms with Gasteiger partial charge in [0.1, 0.15) is 11.4 Å². The third-order valence-electron chi connectivity index (χ3n) is 4.12. The largest absolute Gasteiger partial charge is 0.376 e.